The molecule has 1 aliphatic carbocycles. The Morgan fingerprint density at radius 2 is 2.05 bits per heavy atom. The molecule has 1 aliphatic heterocycles. The van der Waals surface area contributed by atoms with Crippen LogP contribution in [0.5, 0.6) is 0 Å². The third-order valence-corrected chi connectivity index (χ3v) is 5.51. The van der Waals surface area contributed by atoms with Gasteiger partial charge in [-0.25, -0.2) is 0 Å². The summed E-state index contributed by atoms with van der Waals surface area (Å²) in [5, 5.41) is 7.04. The highest BCUT2D eigenvalue weighted by Gasteiger charge is 2.38. The van der Waals surface area contributed by atoms with E-state index in [1.54, 1.807) is 11.3 Å². The quantitative estimate of drug-likeness (QED) is 0.929. The highest BCUT2D eigenvalue weighted by molar-refractivity contribution is 7.08. The summed E-state index contributed by atoms with van der Waals surface area (Å²) in [6.45, 7) is 4.39. The molecule has 0 unspecified atom stereocenters. The molecule has 4 nitrogen and oxygen atoms in total. The van der Waals surface area contributed by atoms with E-state index in [0.29, 0.717) is 0 Å². The van der Waals surface area contributed by atoms with Crippen LogP contribution in [0.2, 0.25) is 0 Å². The van der Waals surface area contributed by atoms with Crippen LogP contribution in [0.1, 0.15) is 42.5 Å². The number of morpholine rings is 1. The first-order chi connectivity index (χ1) is 10.3. The number of rotatable bonds is 4. The van der Waals surface area contributed by atoms with Crippen LogP contribution in [0.25, 0.3) is 0 Å². The van der Waals surface area contributed by atoms with Crippen LogP contribution in [-0.4, -0.2) is 49.2 Å². The van der Waals surface area contributed by atoms with Crippen molar-refractivity contribution < 1.29 is 9.53 Å². The molecule has 2 fully saturated rings. The summed E-state index contributed by atoms with van der Waals surface area (Å²) < 4.78 is 5.49. The molecule has 1 aromatic heterocycles. The standard InChI is InChI=1S/C16H24N2O2S/c19-15(14-4-11-21-12-14)17-13-16(5-2-1-3-6-16)18-7-9-20-10-8-18/h4,11-12H,1-3,5-10,13H2,(H,17,19). The number of nitrogens with zero attached hydrogens (tertiary/aromatic N) is 1. The van der Waals surface area contributed by atoms with Crippen molar-refractivity contribution in [2.24, 2.45) is 0 Å². The van der Waals surface area contributed by atoms with Gasteiger partial charge in [-0.1, -0.05) is 19.3 Å². The molecule has 0 radical (unpaired) electrons. The lowest BCUT2D eigenvalue weighted by Crippen LogP contribution is -2.59. The first-order valence-corrected chi connectivity index (χ1v) is 8.88. The van der Waals surface area contributed by atoms with Gasteiger partial charge in [0, 0.05) is 36.1 Å². The highest BCUT2D eigenvalue weighted by atomic mass is 32.1. The van der Waals surface area contributed by atoms with Crippen LogP contribution in [-0.2, 0) is 4.74 Å². The Balaban J connectivity index is 1.65. The lowest BCUT2D eigenvalue weighted by Gasteiger charge is -2.48. The Morgan fingerprint density at radius 3 is 2.71 bits per heavy atom. The van der Waals surface area contributed by atoms with Crippen molar-refractivity contribution in [1.82, 2.24) is 10.2 Å². The minimum Gasteiger partial charge on any atom is -0.379 e. The van der Waals surface area contributed by atoms with Crippen LogP contribution < -0.4 is 5.32 Å². The number of amides is 1. The summed E-state index contributed by atoms with van der Waals surface area (Å²) >= 11 is 1.57. The molecule has 0 bridgehead atoms. The number of carbonyl (C=O) groups is 1. The molecule has 5 heteroatoms. The van der Waals surface area contributed by atoms with Crippen LogP contribution in [0.15, 0.2) is 16.8 Å². The van der Waals surface area contributed by atoms with Crippen molar-refractivity contribution >= 4 is 17.2 Å². The lowest BCUT2D eigenvalue weighted by molar-refractivity contribution is -0.0361. The topological polar surface area (TPSA) is 41.6 Å². The average molecular weight is 308 g/mol. The van der Waals surface area contributed by atoms with Crippen molar-refractivity contribution in [2.45, 2.75) is 37.6 Å². The van der Waals surface area contributed by atoms with Gasteiger partial charge in [-0.2, -0.15) is 11.3 Å². The maximum atomic E-state index is 12.2. The number of thiophene rings is 1. The number of hydrogen-bond donors (Lipinski definition) is 1. The normalized spacial score (nSPS) is 22.9. The molecule has 0 spiro atoms. The molecule has 0 atom stereocenters. The predicted molar refractivity (Wildman–Crippen MR) is 84.9 cm³/mol. The van der Waals surface area contributed by atoms with Crippen LogP contribution in [0.3, 0.4) is 0 Å². The molecule has 2 aliphatic rings. The zero-order valence-electron chi connectivity index (χ0n) is 12.5. The van der Waals surface area contributed by atoms with E-state index in [1.807, 2.05) is 16.8 Å². The van der Waals surface area contributed by atoms with Crippen molar-refractivity contribution in [3.05, 3.63) is 22.4 Å². The molecule has 21 heavy (non-hydrogen) atoms. The molecule has 1 saturated heterocycles. The van der Waals surface area contributed by atoms with E-state index >= 15 is 0 Å². The Hall–Kier alpha value is -0.910. The lowest BCUT2D eigenvalue weighted by atomic mass is 9.79. The van der Waals surface area contributed by atoms with Crippen molar-refractivity contribution in [3.8, 4) is 0 Å². The average Bonchev–Trinajstić information content (AvgIpc) is 3.09. The van der Waals surface area contributed by atoms with Crippen molar-refractivity contribution in [3.63, 3.8) is 0 Å². The minimum absolute atomic E-state index is 0.0643. The number of nitrogens with one attached hydrogen (secondary N) is 1. The van der Waals surface area contributed by atoms with Gasteiger partial charge in [0.25, 0.3) is 5.91 Å². The van der Waals surface area contributed by atoms with Gasteiger partial charge in [0.1, 0.15) is 0 Å². The van der Waals surface area contributed by atoms with E-state index in [-0.39, 0.29) is 11.4 Å². The Morgan fingerprint density at radius 1 is 1.29 bits per heavy atom. The fraction of sp³-hybridized carbons (Fsp3) is 0.688. The van der Waals surface area contributed by atoms with Gasteiger partial charge in [-0.05, 0) is 24.3 Å². The Kier molecular flexibility index (Phi) is 4.93. The van der Waals surface area contributed by atoms with Gasteiger partial charge in [-0.15, -0.1) is 0 Å². The molecular formula is C16H24N2O2S. The van der Waals surface area contributed by atoms with Crippen LogP contribution in [0, 0.1) is 0 Å². The zero-order valence-corrected chi connectivity index (χ0v) is 13.3. The maximum absolute atomic E-state index is 12.2. The first kappa shape index (κ1) is 15.0. The zero-order chi connectivity index (χ0) is 14.5. The van der Waals surface area contributed by atoms with Crippen LogP contribution in [0.4, 0.5) is 0 Å². The molecular weight excluding hydrogens is 284 g/mol. The molecule has 1 N–H and O–H groups in total. The van der Waals surface area contributed by atoms with Gasteiger partial charge >= 0.3 is 0 Å². The minimum atomic E-state index is 0.0643. The van der Waals surface area contributed by atoms with E-state index in [0.717, 1.165) is 38.4 Å². The molecule has 3 rings (SSSR count). The van der Waals surface area contributed by atoms with Gasteiger partial charge in [0.15, 0.2) is 0 Å². The first-order valence-electron chi connectivity index (χ1n) is 7.93. The highest BCUT2D eigenvalue weighted by Crippen LogP contribution is 2.33. The second kappa shape index (κ2) is 6.90. The fourth-order valence-corrected chi connectivity index (χ4v) is 4.23. The van der Waals surface area contributed by atoms with E-state index in [1.165, 1.54) is 32.1 Å². The van der Waals surface area contributed by atoms with E-state index in [2.05, 4.69) is 10.2 Å². The second-order valence-electron chi connectivity index (χ2n) is 6.08. The maximum Gasteiger partial charge on any atom is 0.252 e. The van der Waals surface area contributed by atoms with Gasteiger partial charge < -0.3 is 10.1 Å². The summed E-state index contributed by atoms with van der Waals surface area (Å²) in [7, 11) is 0. The van der Waals surface area contributed by atoms with Gasteiger partial charge in [0.05, 0.1) is 13.2 Å². The monoisotopic (exact) mass is 308 g/mol. The van der Waals surface area contributed by atoms with E-state index < -0.39 is 0 Å². The Bertz CT molecular complexity index is 449. The van der Waals surface area contributed by atoms with E-state index in [4.69, 9.17) is 4.74 Å². The number of hydrogen-bond acceptors (Lipinski definition) is 4. The SMILES string of the molecule is O=C(NCC1(N2CCOCC2)CCCCC1)c1ccsc1. The summed E-state index contributed by atoms with van der Waals surface area (Å²) in [5.41, 5.74) is 0.932. The molecule has 1 saturated carbocycles. The third kappa shape index (κ3) is 3.47. The summed E-state index contributed by atoms with van der Waals surface area (Å²) in [4.78, 5) is 14.8. The Labute approximate surface area is 130 Å². The fourth-order valence-electron chi connectivity index (χ4n) is 3.59. The predicted octanol–water partition coefficient (Wildman–Crippen LogP) is 2.51. The molecule has 2 heterocycles. The number of ether oxygens (including phenoxy) is 1. The second-order valence-corrected chi connectivity index (χ2v) is 6.86. The van der Waals surface area contributed by atoms with Crippen LogP contribution >= 0.6 is 11.3 Å². The van der Waals surface area contributed by atoms with Crippen molar-refractivity contribution in [2.75, 3.05) is 32.8 Å². The molecule has 1 aromatic rings. The third-order valence-electron chi connectivity index (χ3n) is 4.83. The largest absolute Gasteiger partial charge is 0.379 e. The van der Waals surface area contributed by atoms with Crippen molar-refractivity contribution in [1.29, 1.82) is 0 Å². The van der Waals surface area contributed by atoms with E-state index in [9.17, 15) is 4.79 Å². The summed E-state index contributed by atoms with van der Waals surface area (Å²) in [6, 6.07) is 1.89. The summed E-state index contributed by atoms with van der Waals surface area (Å²) in [5.74, 6) is 0.0643. The molecule has 116 valence electrons. The molecule has 0 aromatic carbocycles. The summed E-state index contributed by atoms with van der Waals surface area (Å²) in [6.07, 6.45) is 6.25. The molecule has 1 amide bonds. The van der Waals surface area contributed by atoms with Gasteiger partial charge in [-0.3, -0.25) is 9.69 Å². The number of carbonyl (C=O) groups excluding carboxylic acids is 1. The van der Waals surface area contributed by atoms with Gasteiger partial charge in [0.2, 0.25) is 0 Å². The smallest absolute Gasteiger partial charge is 0.252 e.